The highest BCUT2D eigenvalue weighted by Crippen LogP contribution is 2.37. The fourth-order valence-corrected chi connectivity index (χ4v) is 18.6. The first-order valence-corrected chi connectivity index (χ1v) is 15.2. The lowest BCUT2D eigenvalue weighted by molar-refractivity contribution is 0.415. The van der Waals surface area contributed by atoms with E-state index in [-0.39, 0.29) is 0 Å². The van der Waals surface area contributed by atoms with Crippen LogP contribution in [-0.4, -0.2) is 28.2 Å². The van der Waals surface area contributed by atoms with Gasteiger partial charge in [0.05, 0.1) is 7.11 Å². The minimum atomic E-state index is -1.14. The van der Waals surface area contributed by atoms with Gasteiger partial charge in [0.15, 0.2) is 0 Å². The number of para-hydroxylation sites is 1. The molecule has 0 amide bonds. The maximum absolute atomic E-state index is 5.64. The molecule has 0 heterocycles. The smallest absolute Gasteiger partial charge is 0.129 e. The van der Waals surface area contributed by atoms with E-state index in [4.69, 9.17) is 4.74 Å². The van der Waals surface area contributed by atoms with Crippen molar-refractivity contribution in [2.45, 2.75) is 51.1 Å². The second-order valence-electron chi connectivity index (χ2n) is 7.47. The van der Waals surface area contributed by atoms with Crippen LogP contribution >= 0.6 is 8.58 Å². The Balaban J connectivity index is 3.15. The minimum Gasteiger partial charge on any atom is -0.496 e. The lowest BCUT2D eigenvalue weighted by atomic mass is 10.2. The van der Waals surface area contributed by atoms with Crippen LogP contribution in [0.1, 0.15) is 5.56 Å². The van der Waals surface area contributed by atoms with Crippen LogP contribution in [0.15, 0.2) is 18.2 Å². The fraction of sp³-hybridized carbons (Fsp3) is 0.600. The maximum Gasteiger partial charge on any atom is 0.129 e. The molecule has 0 spiro atoms. The summed E-state index contributed by atoms with van der Waals surface area (Å²) in [6.07, 6.45) is 0. The molecule has 0 bridgehead atoms. The molecule has 0 saturated carbocycles. The van der Waals surface area contributed by atoms with Crippen molar-refractivity contribution in [3.05, 3.63) is 23.8 Å². The first-order valence-electron chi connectivity index (χ1n) is 6.97. The molecule has 0 aromatic heterocycles. The molecule has 1 aromatic rings. The Labute approximate surface area is 123 Å². The molecule has 19 heavy (non-hydrogen) atoms. The summed E-state index contributed by atoms with van der Waals surface area (Å²) in [6.45, 7) is 17.3. The van der Waals surface area contributed by atoms with Gasteiger partial charge >= 0.3 is 0 Å². The highest BCUT2D eigenvalue weighted by Gasteiger charge is 2.37. The number of benzene rings is 1. The normalized spacial score (nSPS) is 13.5. The standard InChI is InChI=1S/C15H29OPSi2/c1-12-10-9-11-13(14(12)16-2)17-15(18(3,4)5)19(6,7)8/h9-11,15,17H,1-8H3. The van der Waals surface area contributed by atoms with Gasteiger partial charge in [-0.2, -0.15) is 0 Å². The Kier molecular flexibility index (Phi) is 5.45. The van der Waals surface area contributed by atoms with Crippen LogP contribution in [0.3, 0.4) is 0 Å². The largest absolute Gasteiger partial charge is 0.496 e. The van der Waals surface area contributed by atoms with E-state index >= 15 is 0 Å². The molecule has 0 aliphatic rings. The van der Waals surface area contributed by atoms with Gasteiger partial charge in [-0.05, 0) is 17.4 Å². The molecule has 0 fully saturated rings. The molecular formula is C15H29OPSi2. The Bertz CT molecular complexity index is 419. The van der Waals surface area contributed by atoms with Crippen molar-refractivity contribution in [2.24, 2.45) is 0 Å². The molecule has 108 valence electrons. The lowest BCUT2D eigenvalue weighted by Crippen LogP contribution is -2.51. The summed E-state index contributed by atoms with van der Waals surface area (Å²) < 4.78 is 5.64. The number of methoxy groups -OCH3 is 1. The zero-order chi connectivity index (χ0) is 14.8. The van der Waals surface area contributed by atoms with Crippen molar-refractivity contribution in [3.8, 4) is 5.75 Å². The third-order valence-corrected chi connectivity index (χ3v) is 19.2. The van der Waals surface area contributed by atoms with Gasteiger partial charge < -0.3 is 4.74 Å². The molecule has 1 rings (SSSR count). The Morgan fingerprint density at radius 1 is 1.00 bits per heavy atom. The van der Waals surface area contributed by atoms with Crippen LogP contribution in [0.25, 0.3) is 0 Å². The van der Waals surface area contributed by atoms with E-state index in [9.17, 15) is 0 Å². The molecule has 0 aliphatic heterocycles. The van der Waals surface area contributed by atoms with Crippen LogP contribution in [0, 0.1) is 6.92 Å². The number of ether oxygens (including phenoxy) is 1. The molecular weight excluding hydrogens is 283 g/mol. The zero-order valence-corrected chi connectivity index (χ0v) is 16.7. The number of aryl methyl sites for hydroxylation is 1. The molecule has 1 aromatic carbocycles. The van der Waals surface area contributed by atoms with Gasteiger partial charge in [-0.1, -0.05) is 66.1 Å². The maximum atomic E-state index is 5.64. The lowest BCUT2D eigenvalue weighted by Gasteiger charge is -2.38. The van der Waals surface area contributed by atoms with Crippen molar-refractivity contribution < 1.29 is 4.74 Å². The highest BCUT2D eigenvalue weighted by molar-refractivity contribution is 7.56. The summed E-state index contributed by atoms with van der Waals surface area (Å²) in [4.78, 5) is 0.913. The second-order valence-corrected chi connectivity index (χ2v) is 21.2. The van der Waals surface area contributed by atoms with Gasteiger partial charge in [-0.25, -0.2) is 0 Å². The van der Waals surface area contributed by atoms with Gasteiger partial charge in [-0.3, -0.25) is 0 Å². The zero-order valence-electron chi connectivity index (χ0n) is 13.7. The van der Waals surface area contributed by atoms with Crippen molar-refractivity contribution >= 4 is 30.0 Å². The second kappa shape index (κ2) is 6.11. The average Bonchev–Trinajstić information content (AvgIpc) is 2.22. The van der Waals surface area contributed by atoms with Crippen LogP contribution in [-0.2, 0) is 0 Å². The summed E-state index contributed by atoms with van der Waals surface area (Å²) in [7, 11) is 0.420. The topological polar surface area (TPSA) is 9.23 Å². The Morgan fingerprint density at radius 3 is 1.95 bits per heavy atom. The van der Waals surface area contributed by atoms with Gasteiger partial charge in [0.1, 0.15) is 5.75 Å². The summed E-state index contributed by atoms with van der Waals surface area (Å²) in [5, 5.41) is 1.43. The first kappa shape index (κ1) is 16.9. The van der Waals surface area contributed by atoms with Crippen LogP contribution in [0.2, 0.25) is 39.3 Å². The monoisotopic (exact) mass is 312 g/mol. The molecule has 0 aliphatic carbocycles. The Morgan fingerprint density at radius 2 is 1.53 bits per heavy atom. The molecule has 0 saturated heterocycles. The number of rotatable bonds is 5. The summed E-state index contributed by atoms with van der Waals surface area (Å²) in [5.74, 6) is 1.11. The number of hydrogen-bond donors (Lipinski definition) is 0. The van der Waals surface area contributed by atoms with Crippen molar-refractivity contribution in [1.29, 1.82) is 0 Å². The van der Waals surface area contributed by atoms with E-state index in [0.717, 1.165) is 19.2 Å². The minimum absolute atomic E-state index is 0.899. The first-order chi connectivity index (χ1) is 8.57. The van der Waals surface area contributed by atoms with E-state index in [2.05, 4.69) is 64.4 Å². The van der Waals surface area contributed by atoms with Crippen LogP contribution in [0.4, 0.5) is 0 Å². The molecule has 4 heteroatoms. The van der Waals surface area contributed by atoms with Gasteiger partial charge in [0.25, 0.3) is 0 Å². The van der Waals surface area contributed by atoms with Gasteiger partial charge in [0.2, 0.25) is 0 Å². The molecule has 1 nitrogen and oxygen atoms in total. The SMILES string of the molecule is COc1c(C)cccc1PC([Si](C)(C)C)[Si](C)(C)C. The van der Waals surface area contributed by atoms with E-state index < -0.39 is 16.1 Å². The predicted octanol–water partition coefficient (Wildman–Crippen LogP) is 4.43. The molecule has 0 N–H and O–H groups in total. The van der Waals surface area contributed by atoms with Crippen molar-refractivity contribution in [2.75, 3.05) is 7.11 Å². The number of hydrogen-bond acceptors (Lipinski definition) is 1. The fourth-order valence-electron chi connectivity index (χ4n) is 2.92. The van der Waals surface area contributed by atoms with Crippen LogP contribution < -0.4 is 10.0 Å². The highest BCUT2D eigenvalue weighted by atomic mass is 31.1. The molecule has 1 atom stereocenters. The van der Waals surface area contributed by atoms with E-state index in [0.29, 0.717) is 0 Å². The quantitative estimate of drug-likeness (QED) is 0.577. The average molecular weight is 313 g/mol. The van der Waals surface area contributed by atoms with Crippen molar-refractivity contribution in [3.63, 3.8) is 0 Å². The predicted molar refractivity (Wildman–Crippen MR) is 96.2 cm³/mol. The van der Waals surface area contributed by atoms with E-state index in [1.165, 1.54) is 10.9 Å². The van der Waals surface area contributed by atoms with Gasteiger partial charge in [-0.15, -0.1) is 0 Å². The third kappa shape index (κ3) is 4.44. The summed E-state index contributed by atoms with van der Waals surface area (Å²) in [6, 6.07) is 6.58. The van der Waals surface area contributed by atoms with Gasteiger partial charge in [0, 0.05) is 21.5 Å². The summed E-state index contributed by atoms with van der Waals surface area (Å²) in [5.41, 5.74) is 1.26. The van der Waals surface area contributed by atoms with E-state index in [1.54, 1.807) is 7.11 Å². The third-order valence-electron chi connectivity index (χ3n) is 3.45. The van der Waals surface area contributed by atoms with Crippen molar-refractivity contribution in [1.82, 2.24) is 0 Å². The van der Waals surface area contributed by atoms with E-state index in [1.807, 2.05) is 0 Å². The summed E-state index contributed by atoms with van der Waals surface area (Å²) >= 11 is 0. The Hall–Kier alpha value is -0.116. The molecule has 1 unspecified atom stereocenters. The molecule has 0 radical (unpaired) electrons. The van der Waals surface area contributed by atoms with Crippen LogP contribution in [0.5, 0.6) is 5.75 Å².